The molecule has 0 saturated heterocycles. The van der Waals surface area contributed by atoms with Crippen LogP contribution in [0.15, 0.2) is 36.4 Å². The van der Waals surface area contributed by atoms with E-state index in [1.165, 1.54) is 0 Å². The lowest BCUT2D eigenvalue weighted by atomic mass is 10.1. The molecule has 6 heteroatoms. The van der Waals surface area contributed by atoms with Crippen LogP contribution in [-0.2, 0) is 6.42 Å². The number of fused-ring (bicyclic) bond motifs is 1. The monoisotopic (exact) mass is 329 g/mol. The molecule has 0 saturated carbocycles. The first-order chi connectivity index (χ1) is 11.7. The Morgan fingerprint density at radius 2 is 1.96 bits per heavy atom. The first-order valence-corrected chi connectivity index (χ1v) is 7.60. The lowest BCUT2D eigenvalue weighted by molar-refractivity contribution is 0.0949. The van der Waals surface area contributed by atoms with Gasteiger partial charge in [-0.3, -0.25) is 4.79 Å². The maximum absolute atomic E-state index is 12.3. The average Bonchev–Trinajstić information content (AvgIpc) is 3.10. The Morgan fingerprint density at radius 1 is 1.12 bits per heavy atom. The molecule has 126 valence electrons. The van der Waals surface area contributed by atoms with Crippen LogP contribution in [-0.4, -0.2) is 33.5 Å². The third-order valence-electron chi connectivity index (χ3n) is 3.79. The van der Waals surface area contributed by atoms with E-state index in [-0.39, 0.29) is 12.7 Å². The maximum Gasteiger partial charge on any atom is 0.255 e. The van der Waals surface area contributed by atoms with Gasteiger partial charge >= 0.3 is 0 Å². The Bertz CT molecular complexity index is 744. The molecular formula is C18H19NO5. The fourth-order valence-electron chi connectivity index (χ4n) is 2.56. The van der Waals surface area contributed by atoms with Crippen LogP contribution in [0.5, 0.6) is 23.0 Å². The molecule has 24 heavy (non-hydrogen) atoms. The van der Waals surface area contributed by atoms with Crippen LogP contribution in [0.1, 0.15) is 15.9 Å². The zero-order valence-corrected chi connectivity index (χ0v) is 13.6. The molecule has 1 aliphatic heterocycles. The summed E-state index contributed by atoms with van der Waals surface area (Å²) in [6.07, 6.45) is 0.679. The minimum atomic E-state index is -0.183. The summed E-state index contributed by atoms with van der Waals surface area (Å²) in [6.45, 7) is 0.643. The van der Waals surface area contributed by atoms with Gasteiger partial charge in [0, 0.05) is 6.54 Å². The van der Waals surface area contributed by atoms with Crippen LogP contribution in [0.3, 0.4) is 0 Å². The zero-order valence-electron chi connectivity index (χ0n) is 13.6. The first-order valence-electron chi connectivity index (χ1n) is 7.60. The van der Waals surface area contributed by atoms with Crippen molar-refractivity contribution in [2.75, 3.05) is 27.6 Å². The topological polar surface area (TPSA) is 66.0 Å². The van der Waals surface area contributed by atoms with Gasteiger partial charge in [0.25, 0.3) is 5.91 Å². The molecule has 1 aliphatic rings. The smallest absolute Gasteiger partial charge is 0.255 e. The number of hydrogen-bond donors (Lipinski definition) is 1. The molecule has 0 bridgehead atoms. The summed E-state index contributed by atoms with van der Waals surface area (Å²) in [4.78, 5) is 12.3. The molecule has 1 heterocycles. The summed E-state index contributed by atoms with van der Waals surface area (Å²) in [5.41, 5.74) is 1.53. The van der Waals surface area contributed by atoms with E-state index in [4.69, 9.17) is 18.9 Å². The first kappa shape index (κ1) is 16.0. The number of methoxy groups -OCH3 is 2. The molecule has 3 rings (SSSR count). The largest absolute Gasteiger partial charge is 0.493 e. The summed E-state index contributed by atoms with van der Waals surface area (Å²) in [5, 5.41) is 2.90. The SMILES string of the molecule is COc1ccc(CCNC(=O)c2cccc3c2OCO3)cc1OC. The highest BCUT2D eigenvalue weighted by atomic mass is 16.7. The molecule has 2 aromatic rings. The number of carbonyl (C=O) groups is 1. The van der Waals surface area contributed by atoms with Crippen molar-refractivity contribution in [2.45, 2.75) is 6.42 Å². The molecular weight excluding hydrogens is 310 g/mol. The van der Waals surface area contributed by atoms with Gasteiger partial charge in [-0.2, -0.15) is 0 Å². The van der Waals surface area contributed by atoms with Crippen LogP contribution in [0.25, 0.3) is 0 Å². The number of hydrogen-bond acceptors (Lipinski definition) is 5. The van der Waals surface area contributed by atoms with E-state index < -0.39 is 0 Å². The molecule has 1 amide bonds. The normalized spacial score (nSPS) is 11.9. The van der Waals surface area contributed by atoms with Gasteiger partial charge in [-0.1, -0.05) is 12.1 Å². The van der Waals surface area contributed by atoms with Crippen molar-refractivity contribution in [3.05, 3.63) is 47.5 Å². The van der Waals surface area contributed by atoms with Crippen molar-refractivity contribution in [3.63, 3.8) is 0 Å². The molecule has 0 aliphatic carbocycles. The Hall–Kier alpha value is -2.89. The van der Waals surface area contributed by atoms with Crippen molar-refractivity contribution in [1.29, 1.82) is 0 Å². The molecule has 0 spiro atoms. The highest BCUT2D eigenvalue weighted by molar-refractivity contribution is 5.97. The Morgan fingerprint density at radius 3 is 2.75 bits per heavy atom. The Balaban J connectivity index is 1.61. The number of carbonyl (C=O) groups excluding carboxylic acids is 1. The standard InChI is InChI=1S/C18H19NO5/c1-21-14-7-6-12(10-16(14)22-2)8-9-19-18(20)13-4-3-5-15-17(13)24-11-23-15/h3-7,10H,8-9,11H2,1-2H3,(H,19,20). The maximum atomic E-state index is 12.3. The van der Waals surface area contributed by atoms with E-state index >= 15 is 0 Å². The molecule has 0 radical (unpaired) electrons. The van der Waals surface area contributed by atoms with Crippen LogP contribution < -0.4 is 24.3 Å². The predicted octanol–water partition coefficient (Wildman–Crippen LogP) is 2.41. The summed E-state index contributed by atoms with van der Waals surface area (Å²) in [6, 6.07) is 11.0. The van der Waals surface area contributed by atoms with E-state index in [1.54, 1.807) is 32.4 Å². The predicted molar refractivity (Wildman–Crippen MR) is 88.1 cm³/mol. The summed E-state index contributed by atoms with van der Waals surface area (Å²) >= 11 is 0. The van der Waals surface area contributed by atoms with Crippen molar-refractivity contribution >= 4 is 5.91 Å². The molecule has 1 N–H and O–H groups in total. The van der Waals surface area contributed by atoms with Crippen LogP contribution >= 0.6 is 0 Å². The minimum absolute atomic E-state index is 0.144. The number of para-hydroxylation sites is 1. The average molecular weight is 329 g/mol. The number of rotatable bonds is 6. The van der Waals surface area contributed by atoms with Gasteiger partial charge < -0.3 is 24.3 Å². The number of ether oxygens (including phenoxy) is 4. The fourth-order valence-corrected chi connectivity index (χ4v) is 2.56. The quantitative estimate of drug-likeness (QED) is 0.881. The van der Waals surface area contributed by atoms with Crippen LogP contribution in [0.4, 0.5) is 0 Å². The molecule has 6 nitrogen and oxygen atoms in total. The summed E-state index contributed by atoms with van der Waals surface area (Å²) in [7, 11) is 3.20. The van der Waals surface area contributed by atoms with Gasteiger partial charge in [0.1, 0.15) is 0 Å². The second-order valence-corrected chi connectivity index (χ2v) is 5.23. The van der Waals surface area contributed by atoms with Gasteiger partial charge in [0.05, 0.1) is 19.8 Å². The van der Waals surface area contributed by atoms with E-state index in [0.717, 1.165) is 5.56 Å². The Kier molecular flexibility index (Phi) is 4.74. The third kappa shape index (κ3) is 3.22. The molecule has 2 aromatic carbocycles. The summed E-state index contributed by atoms with van der Waals surface area (Å²) < 4.78 is 21.1. The molecule has 0 aromatic heterocycles. The lowest BCUT2D eigenvalue weighted by Gasteiger charge is -2.10. The fraction of sp³-hybridized carbons (Fsp3) is 0.278. The van der Waals surface area contributed by atoms with Gasteiger partial charge in [0.15, 0.2) is 23.0 Å². The van der Waals surface area contributed by atoms with Crippen molar-refractivity contribution < 1.29 is 23.7 Å². The van der Waals surface area contributed by atoms with Gasteiger partial charge in [-0.15, -0.1) is 0 Å². The molecule has 0 atom stereocenters. The molecule has 0 fully saturated rings. The van der Waals surface area contributed by atoms with Crippen molar-refractivity contribution in [3.8, 4) is 23.0 Å². The van der Waals surface area contributed by atoms with Gasteiger partial charge in [-0.25, -0.2) is 0 Å². The van der Waals surface area contributed by atoms with E-state index in [2.05, 4.69) is 5.32 Å². The highest BCUT2D eigenvalue weighted by Gasteiger charge is 2.21. The van der Waals surface area contributed by atoms with E-state index in [9.17, 15) is 4.79 Å². The second kappa shape index (κ2) is 7.12. The number of amides is 1. The number of nitrogens with one attached hydrogen (secondary N) is 1. The highest BCUT2D eigenvalue weighted by Crippen LogP contribution is 2.35. The minimum Gasteiger partial charge on any atom is -0.493 e. The van der Waals surface area contributed by atoms with Crippen LogP contribution in [0, 0.1) is 0 Å². The zero-order chi connectivity index (χ0) is 16.9. The second-order valence-electron chi connectivity index (χ2n) is 5.23. The lowest BCUT2D eigenvalue weighted by Crippen LogP contribution is -2.26. The van der Waals surface area contributed by atoms with Crippen molar-refractivity contribution in [1.82, 2.24) is 5.32 Å². The van der Waals surface area contributed by atoms with Crippen LogP contribution in [0.2, 0.25) is 0 Å². The van der Waals surface area contributed by atoms with E-state index in [0.29, 0.717) is 41.5 Å². The number of benzene rings is 2. The summed E-state index contributed by atoms with van der Waals surface area (Å²) in [5.74, 6) is 2.27. The molecule has 0 unspecified atom stereocenters. The third-order valence-corrected chi connectivity index (χ3v) is 3.79. The van der Waals surface area contributed by atoms with Crippen molar-refractivity contribution in [2.24, 2.45) is 0 Å². The van der Waals surface area contributed by atoms with Gasteiger partial charge in [-0.05, 0) is 36.2 Å². The Labute approximate surface area is 140 Å². The van der Waals surface area contributed by atoms with E-state index in [1.807, 2.05) is 18.2 Å². The van der Waals surface area contributed by atoms with Gasteiger partial charge in [0.2, 0.25) is 6.79 Å².